The Kier molecular flexibility index (Phi) is 4.93. The molecule has 124 valence electrons. The summed E-state index contributed by atoms with van der Waals surface area (Å²) in [5.74, 6) is -0.180. The van der Waals surface area contributed by atoms with Crippen LogP contribution in [0.2, 0.25) is 0 Å². The van der Waals surface area contributed by atoms with Crippen LogP contribution in [0.1, 0.15) is 54.8 Å². The highest BCUT2D eigenvalue weighted by molar-refractivity contribution is 5.84. The second kappa shape index (κ2) is 6.57. The van der Waals surface area contributed by atoms with Crippen LogP contribution in [0.15, 0.2) is 24.3 Å². The Morgan fingerprint density at radius 3 is 2.35 bits per heavy atom. The Morgan fingerprint density at radius 2 is 1.83 bits per heavy atom. The van der Waals surface area contributed by atoms with Crippen LogP contribution in [0.5, 0.6) is 0 Å². The molecule has 0 saturated carbocycles. The molecule has 1 aromatic carbocycles. The Labute approximate surface area is 138 Å². The minimum atomic E-state index is -0.299. The Morgan fingerprint density at radius 1 is 1.22 bits per heavy atom. The van der Waals surface area contributed by atoms with Crippen molar-refractivity contribution in [3.05, 3.63) is 52.3 Å². The summed E-state index contributed by atoms with van der Waals surface area (Å²) < 4.78 is 0. The second-order valence-corrected chi connectivity index (χ2v) is 7.10. The Balaban J connectivity index is 2.07. The molecule has 0 aliphatic carbocycles. The molecule has 1 atom stereocenters. The van der Waals surface area contributed by atoms with Gasteiger partial charge in [0.1, 0.15) is 0 Å². The van der Waals surface area contributed by atoms with Gasteiger partial charge in [-0.05, 0) is 53.5 Å². The minimum Gasteiger partial charge on any atom is -0.350 e. The van der Waals surface area contributed by atoms with E-state index in [0.29, 0.717) is 0 Å². The van der Waals surface area contributed by atoms with E-state index < -0.39 is 0 Å². The Hall–Kier alpha value is -2.10. The molecule has 1 amide bonds. The summed E-state index contributed by atoms with van der Waals surface area (Å²) in [7, 11) is 0. The van der Waals surface area contributed by atoms with Gasteiger partial charge in [-0.25, -0.2) is 0 Å². The first kappa shape index (κ1) is 17.3. The van der Waals surface area contributed by atoms with Gasteiger partial charge < -0.3 is 5.32 Å². The van der Waals surface area contributed by atoms with Crippen LogP contribution in [0.25, 0.3) is 0 Å². The van der Waals surface area contributed by atoms with Crippen LogP contribution in [0, 0.1) is 20.8 Å². The van der Waals surface area contributed by atoms with Crippen LogP contribution in [0.4, 0.5) is 0 Å². The van der Waals surface area contributed by atoms with Crippen LogP contribution in [-0.2, 0) is 11.2 Å². The number of carbonyl (C=O) groups excluding carboxylic acids is 1. The number of aromatic amines is 1. The first-order chi connectivity index (χ1) is 10.7. The van der Waals surface area contributed by atoms with Gasteiger partial charge in [0, 0.05) is 16.8 Å². The molecule has 0 saturated heterocycles. The molecule has 2 aromatic rings. The van der Waals surface area contributed by atoms with Crippen molar-refractivity contribution in [3.8, 4) is 0 Å². The summed E-state index contributed by atoms with van der Waals surface area (Å²) in [6, 6.07) is 8.45. The number of hydrogen-bond acceptors (Lipinski definition) is 2. The third-order valence-electron chi connectivity index (χ3n) is 4.24. The summed E-state index contributed by atoms with van der Waals surface area (Å²) in [5.41, 5.74) is 5.02. The monoisotopic (exact) mass is 313 g/mol. The van der Waals surface area contributed by atoms with Crippen molar-refractivity contribution in [1.82, 2.24) is 15.5 Å². The van der Waals surface area contributed by atoms with E-state index in [1.165, 1.54) is 11.1 Å². The van der Waals surface area contributed by atoms with Crippen molar-refractivity contribution in [2.75, 3.05) is 0 Å². The highest BCUT2D eigenvalue weighted by Gasteiger charge is 2.27. The quantitative estimate of drug-likeness (QED) is 0.886. The third kappa shape index (κ3) is 4.21. The maximum atomic E-state index is 12.7. The van der Waals surface area contributed by atoms with E-state index in [2.05, 4.69) is 60.6 Å². The number of carbonyl (C=O) groups is 1. The highest BCUT2D eigenvalue weighted by Crippen LogP contribution is 2.23. The average Bonchev–Trinajstić information content (AvgIpc) is 2.79. The third-order valence-corrected chi connectivity index (χ3v) is 4.24. The summed E-state index contributed by atoms with van der Waals surface area (Å²) >= 11 is 0. The zero-order chi connectivity index (χ0) is 17.2. The molecule has 0 fully saturated rings. The molecule has 4 nitrogen and oxygen atoms in total. The number of benzene rings is 1. The van der Waals surface area contributed by atoms with Crippen molar-refractivity contribution in [3.63, 3.8) is 0 Å². The fourth-order valence-corrected chi connectivity index (χ4v) is 3.03. The molecule has 0 spiro atoms. The van der Waals surface area contributed by atoms with Gasteiger partial charge in [-0.3, -0.25) is 9.89 Å². The van der Waals surface area contributed by atoms with Gasteiger partial charge in [0.25, 0.3) is 0 Å². The lowest BCUT2D eigenvalue weighted by Gasteiger charge is -2.28. The highest BCUT2D eigenvalue weighted by atomic mass is 16.2. The van der Waals surface area contributed by atoms with Crippen LogP contribution >= 0.6 is 0 Å². The number of nitrogens with zero attached hydrogens (tertiary/aromatic N) is 1. The molecule has 0 aliphatic rings. The summed E-state index contributed by atoms with van der Waals surface area (Å²) in [4.78, 5) is 12.7. The molecule has 4 heteroatoms. The first-order valence-corrected chi connectivity index (χ1v) is 8.08. The van der Waals surface area contributed by atoms with Gasteiger partial charge in [-0.2, -0.15) is 5.10 Å². The lowest BCUT2D eigenvalue weighted by atomic mass is 9.92. The molecular formula is C19H27N3O. The SMILES string of the molecule is Cc1ccc(CC(C)(C)NC(=O)C(C)c2c(C)n[nH]c2C)cc1. The zero-order valence-electron chi connectivity index (χ0n) is 14.9. The number of rotatable bonds is 5. The topological polar surface area (TPSA) is 57.8 Å². The molecule has 23 heavy (non-hydrogen) atoms. The lowest BCUT2D eigenvalue weighted by Crippen LogP contribution is -2.46. The number of aryl methyl sites for hydroxylation is 3. The second-order valence-electron chi connectivity index (χ2n) is 7.10. The van der Waals surface area contributed by atoms with E-state index in [1.54, 1.807) is 0 Å². The minimum absolute atomic E-state index is 0.0368. The molecule has 1 aromatic heterocycles. The van der Waals surface area contributed by atoms with Crippen molar-refractivity contribution in [1.29, 1.82) is 0 Å². The smallest absolute Gasteiger partial charge is 0.227 e. The number of H-pyrrole nitrogens is 1. The van der Waals surface area contributed by atoms with Crippen molar-refractivity contribution >= 4 is 5.91 Å². The number of aromatic nitrogens is 2. The van der Waals surface area contributed by atoms with E-state index in [-0.39, 0.29) is 17.4 Å². The van der Waals surface area contributed by atoms with Gasteiger partial charge in [0.15, 0.2) is 0 Å². The fourth-order valence-electron chi connectivity index (χ4n) is 3.03. The molecule has 0 radical (unpaired) electrons. The maximum Gasteiger partial charge on any atom is 0.227 e. The molecule has 2 rings (SSSR count). The van der Waals surface area contributed by atoms with Gasteiger partial charge in [-0.15, -0.1) is 0 Å². The van der Waals surface area contributed by atoms with E-state index in [0.717, 1.165) is 23.4 Å². The molecular weight excluding hydrogens is 286 g/mol. The molecule has 0 aliphatic heterocycles. The van der Waals surface area contributed by atoms with E-state index >= 15 is 0 Å². The zero-order valence-corrected chi connectivity index (χ0v) is 14.9. The number of amides is 1. The van der Waals surface area contributed by atoms with Crippen LogP contribution < -0.4 is 5.32 Å². The number of hydrogen-bond donors (Lipinski definition) is 2. The van der Waals surface area contributed by atoms with E-state index in [1.807, 2.05) is 20.8 Å². The Bertz CT molecular complexity index is 664. The summed E-state index contributed by atoms with van der Waals surface area (Å²) in [5, 5.41) is 10.3. The normalized spacial score (nSPS) is 13.0. The predicted molar refractivity (Wildman–Crippen MR) is 93.6 cm³/mol. The molecule has 1 heterocycles. The van der Waals surface area contributed by atoms with Crippen molar-refractivity contribution in [2.45, 2.75) is 59.4 Å². The fraction of sp³-hybridized carbons (Fsp3) is 0.474. The van der Waals surface area contributed by atoms with Crippen LogP contribution in [0.3, 0.4) is 0 Å². The maximum absolute atomic E-state index is 12.7. The van der Waals surface area contributed by atoms with Gasteiger partial charge in [0.2, 0.25) is 5.91 Å². The summed E-state index contributed by atoms with van der Waals surface area (Å²) in [6.45, 7) is 12.0. The largest absolute Gasteiger partial charge is 0.350 e. The van der Waals surface area contributed by atoms with Crippen molar-refractivity contribution in [2.24, 2.45) is 0 Å². The van der Waals surface area contributed by atoms with Crippen molar-refractivity contribution < 1.29 is 4.79 Å². The van der Waals surface area contributed by atoms with Crippen LogP contribution in [-0.4, -0.2) is 21.6 Å². The predicted octanol–water partition coefficient (Wildman–Crippen LogP) is 3.58. The van der Waals surface area contributed by atoms with Gasteiger partial charge in [0.05, 0.1) is 11.6 Å². The molecule has 0 bridgehead atoms. The standard InChI is InChI=1S/C19H27N3O/c1-12-7-9-16(10-8-12)11-19(5,6)20-18(23)13(2)17-14(3)21-22-15(17)4/h7-10,13H,11H2,1-6H3,(H,20,23)(H,21,22). The lowest BCUT2D eigenvalue weighted by molar-refractivity contribution is -0.123. The van der Waals surface area contributed by atoms with Gasteiger partial charge in [-0.1, -0.05) is 29.8 Å². The van der Waals surface area contributed by atoms with E-state index in [9.17, 15) is 4.79 Å². The first-order valence-electron chi connectivity index (χ1n) is 8.08. The average molecular weight is 313 g/mol. The number of nitrogens with one attached hydrogen (secondary N) is 2. The molecule has 1 unspecified atom stereocenters. The van der Waals surface area contributed by atoms with E-state index in [4.69, 9.17) is 0 Å². The van der Waals surface area contributed by atoms with Gasteiger partial charge >= 0.3 is 0 Å². The summed E-state index contributed by atoms with van der Waals surface area (Å²) in [6.07, 6.45) is 0.801. The molecule has 2 N–H and O–H groups in total.